The van der Waals surface area contributed by atoms with E-state index in [1.165, 1.54) is 19.3 Å². The number of ether oxygens (including phenoxy) is 1. The second kappa shape index (κ2) is 8.55. The van der Waals surface area contributed by atoms with Crippen molar-refractivity contribution in [1.82, 2.24) is 0 Å². The summed E-state index contributed by atoms with van der Waals surface area (Å²) in [5.41, 5.74) is 0. The first-order valence-electron chi connectivity index (χ1n) is 4.86. The molecule has 0 aliphatic carbocycles. The second-order valence-electron chi connectivity index (χ2n) is 2.96. The number of hydrogen-bond donors (Lipinski definition) is 0. The van der Waals surface area contributed by atoms with Gasteiger partial charge in [0, 0.05) is 6.61 Å². The Labute approximate surface area is 75.5 Å². The predicted octanol–water partition coefficient (Wildman–Crippen LogP) is 2.89. The van der Waals surface area contributed by atoms with Crippen LogP contribution in [-0.4, -0.2) is 12.7 Å². The minimum atomic E-state index is -0.188. The minimum absolute atomic E-state index is 0.188. The summed E-state index contributed by atoms with van der Waals surface area (Å²) >= 11 is 0. The van der Waals surface area contributed by atoms with E-state index in [-0.39, 0.29) is 6.10 Å². The van der Waals surface area contributed by atoms with Crippen LogP contribution in [-0.2, 0) is 4.74 Å². The lowest BCUT2D eigenvalue weighted by Gasteiger charge is -2.07. The zero-order chi connectivity index (χ0) is 9.23. The Hall–Kier alpha value is -0.550. The lowest BCUT2D eigenvalue weighted by atomic mass is 10.2. The van der Waals surface area contributed by atoms with E-state index in [9.17, 15) is 0 Å². The van der Waals surface area contributed by atoms with Gasteiger partial charge in [0.1, 0.15) is 6.10 Å². The third-order valence-corrected chi connectivity index (χ3v) is 1.83. The summed E-state index contributed by atoms with van der Waals surface area (Å²) in [4.78, 5) is 0. The lowest BCUT2D eigenvalue weighted by molar-refractivity contribution is 0.0843. The van der Waals surface area contributed by atoms with Gasteiger partial charge in [0.15, 0.2) is 0 Å². The van der Waals surface area contributed by atoms with Crippen LogP contribution in [0.1, 0.15) is 46.0 Å². The quantitative estimate of drug-likeness (QED) is 0.549. The molecule has 0 amide bonds. The van der Waals surface area contributed by atoms with Gasteiger partial charge in [-0.2, -0.15) is 5.26 Å². The minimum Gasteiger partial charge on any atom is -0.363 e. The summed E-state index contributed by atoms with van der Waals surface area (Å²) in [5, 5.41) is 8.55. The summed E-state index contributed by atoms with van der Waals surface area (Å²) in [6.45, 7) is 4.90. The van der Waals surface area contributed by atoms with Crippen LogP contribution in [0.25, 0.3) is 0 Å². The Morgan fingerprint density at radius 2 is 2.00 bits per heavy atom. The molecule has 0 aliphatic heterocycles. The van der Waals surface area contributed by atoms with Crippen molar-refractivity contribution in [2.75, 3.05) is 6.61 Å². The summed E-state index contributed by atoms with van der Waals surface area (Å²) in [6.07, 6.45) is 5.43. The zero-order valence-corrected chi connectivity index (χ0v) is 8.18. The molecule has 0 fully saturated rings. The lowest BCUT2D eigenvalue weighted by Crippen LogP contribution is -2.09. The van der Waals surface area contributed by atoms with Crippen molar-refractivity contribution in [3.05, 3.63) is 0 Å². The largest absolute Gasteiger partial charge is 0.363 e. The molecule has 0 saturated carbocycles. The molecule has 0 heterocycles. The maximum atomic E-state index is 8.55. The van der Waals surface area contributed by atoms with Crippen LogP contribution < -0.4 is 0 Å². The number of unbranched alkanes of at least 4 members (excludes halogenated alkanes) is 3. The molecule has 0 radical (unpaired) electrons. The highest BCUT2D eigenvalue weighted by Gasteiger charge is 2.02. The van der Waals surface area contributed by atoms with Crippen LogP contribution in [0.3, 0.4) is 0 Å². The fourth-order valence-corrected chi connectivity index (χ4v) is 1.00. The van der Waals surface area contributed by atoms with E-state index in [1.54, 1.807) is 0 Å². The number of nitrogens with zero attached hydrogens (tertiary/aromatic N) is 1. The fourth-order valence-electron chi connectivity index (χ4n) is 1.00. The number of rotatable bonds is 7. The first kappa shape index (κ1) is 11.4. The first-order valence-corrected chi connectivity index (χ1v) is 4.86. The number of hydrogen-bond acceptors (Lipinski definition) is 2. The van der Waals surface area contributed by atoms with Crippen LogP contribution in [0, 0.1) is 11.3 Å². The molecular formula is C10H19NO. The van der Waals surface area contributed by atoms with E-state index in [2.05, 4.69) is 13.0 Å². The molecule has 0 saturated heterocycles. The van der Waals surface area contributed by atoms with E-state index in [1.807, 2.05) is 6.92 Å². The summed E-state index contributed by atoms with van der Waals surface area (Å²) in [7, 11) is 0. The monoisotopic (exact) mass is 169 g/mol. The summed E-state index contributed by atoms with van der Waals surface area (Å²) in [6, 6.07) is 2.12. The maximum absolute atomic E-state index is 8.55. The highest BCUT2D eigenvalue weighted by atomic mass is 16.5. The van der Waals surface area contributed by atoms with Crippen molar-refractivity contribution in [2.24, 2.45) is 0 Å². The summed E-state index contributed by atoms with van der Waals surface area (Å²) in [5.74, 6) is 0. The van der Waals surface area contributed by atoms with Crippen molar-refractivity contribution in [2.45, 2.75) is 52.1 Å². The van der Waals surface area contributed by atoms with Gasteiger partial charge in [-0.1, -0.05) is 33.1 Å². The molecule has 0 N–H and O–H groups in total. The van der Waals surface area contributed by atoms with Gasteiger partial charge >= 0.3 is 0 Å². The van der Waals surface area contributed by atoms with Crippen molar-refractivity contribution >= 4 is 0 Å². The molecule has 0 spiro atoms. The Kier molecular flexibility index (Phi) is 8.15. The molecule has 0 aromatic rings. The zero-order valence-electron chi connectivity index (χ0n) is 8.18. The van der Waals surface area contributed by atoms with Crippen LogP contribution >= 0.6 is 0 Å². The van der Waals surface area contributed by atoms with Gasteiger partial charge in [-0.05, 0) is 12.8 Å². The van der Waals surface area contributed by atoms with Crippen molar-refractivity contribution < 1.29 is 4.74 Å². The van der Waals surface area contributed by atoms with Gasteiger partial charge in [0.2, 0.25) is 0 Å². The molecule has 1 atom stereocenters. The van der Waals surface area contributed by atoms with Gasteiger partial charge in [0.25, 0.3) is 0 Å². The average Bonchev–Trinajstić information content (AvgIpc) is 2.11. The molecule has 0 aromatic heterocycles. The molecular weight excluding hydrogens is 150 g/mol. The van der Waals surface area contributed by atoms with Gasteiger partial charge in [0.05, 0.1) is 6.07 Å². The smallest absolute Gasteiger partial charge is 0.143 e. The van der Waals surface area contributed by atoms with E-state index in [0.717, 1.165) is 19.4 Å². The van der Waals surface area contributed by atoms with Crippen LogP contribution in [0.4, 0.5) is 0 Å². The summed E-state index contributed by atoms with van der Waals surface area (Å²) < 4.78 is 5.33. The second-order valence-corrected chi connectivity index (χ2v) is 2.96. The third kappa shape index (κ3) is 6.18. The Balaban J connectivity index is 3.13. The topological polar surface area (TPSA) is 33.0 Å². The van der Waals surface area contributed by atoms with E-state index in [0.29, 0.717) is 0 Å². The molecule has 0 aliphatic rings. The highest BCUT2D eigenvalue weighted by molar-refractivity contribution is 4.82. The van der Waals surface area contributed by atoms with E-state index < -0.39 is 0 Å². The van der Waals surface area contributed by atoms with Crippen LogP contribution in [0.2, 0.25) is 0 Å². The normalized spacial score (nSPS) is 12.4. The van der Waals surface area contributed by atoms with Crippen molar-refractivity contribution in [3.8, 4) is 6.07 Å². The van der Waals surface area contributed by atoms with Gasteiger partial charge in [-0.25, -0.2) is 0 Å². The molecule has 0 aromatic carbocycles. The van der Waals surface area contributed by atoms with Crippen molar-refractivity contribution in [3.63, 3.8) is 0 Å². The van der Waals surface area contributed by atoms with Gasteiger partial charge in [-0.15, -0.1) is 0 Å². The average molecular weight is 169 g/mol. The molecule has 2 nitrogen and oxygen atoms in total. The van der Waals surface area contributed by atoms with E-state index in [4.69, 9.17) is 10.00 Å². The highest BCUT2D eigenvalue weighted by Crippen LogP contribution is 2.02. The van der Waals surface area contributed by atoms with E-state index >= 15 is 0 Å². The standard InChI is InChI=1S/C10H19NO/c1-3-5-6-7-8-12-10(4-2)9-11/h10H,3-8H2,1-2H3. The number of nitriles is 1. The van der Waals surface area contributed by atoms with Crippen LogP contribution in [0.15, 0.2) is 0 Å². The Morgan fingerprint density at radius 1 is 1.25 bits per heavy atom. The Bertz CT molecular complexity index is 128. The first-order chi connectivity index (χ1) is 5.85. The molecule has 2 heteroatoms. The Morgan fingerprint density at radius 3 is 2.50 bits per heavy atom. The SMILES string of the molecule is CCCCCCOC(C#N)CC. The molecule has 12 heavy (non-hydrogen) atoms. The van der Waals surface area contributed by atoms with Crippen LogP contribution in [0.5, 0.6) is 0 Å². The fraction of sp³-hybridized carbons (Fsp3) is 0.900. The van der Waals surface area contributed by atoms with Gasteiger partial charge in [-0.3, -0.25) is 0 Å². The molecule has 70 valence electrons. The molecule has 0 bridgehead atoms. The van der Waals surface area contributed by atoms with Crippen molar-refractivity contribution in [1.29, 1.82) is 5.26 Å². The third-order valence-electron chi connectivity index (χ3n) is 1.83. The molecule has 1 unspecified atom stereocenters. The predicted molar refractivity (Wildman–Crippen MR) is 49.8 cm³/mol. The van der Waals surface area contributed by atoms with Gasteiger partial charge < -0.3 is 4.74 Å². The maximum Gasteiger partial charge on any atom is 0.143 e. The molecule has 0 rings (SSSR count).